The van der Waals surface area contributed by atoms with E-state index in [1.165, 1.54) is 11.3 Å². The lowest BCUT2D eigenvalue weighted by Crippen LogP contribution is -2.16. The highest BCUT2D eigenvalue weighted by molar-refractivity contribution is 7.19. The maximum absolute atomic E-state index is 12.6. The number of aryl methyl sites for hydroxylation is 1. The van der Waals surface area contributed by atoms with Crippen LogP contribution in [0.3, 0.4) is 0 Å². The Bertz CT molecular complexity index is 1370. The molecule has 5 rings (SSSR count). The van der Waals surface area contributed by atoms with Crippen LogP contribution >= 0.6 is 22.9 Å². The van der Waals surface area contributed by atoms with Crippen molar-refractivity contribution < 1.29 is 19.0 Å². The zero-order valence-corrected chi connectivity index (χ0v) is 20.3. The van der Waals surface area contributed by atoms with E-state index in [2.05, 4.69) is 19.9 Å². The molecule has 10 heteroatoms. The van der Waals surface area contributed by atoms with Crippen LogP contribution < -0.4 is 10.1 Å². The molecule has 1 amide bonds. The first-order chi connectivity index (χ1) is 16.6. The maximum atomic E-state index is 12.6. The van der Waals surface area contributed by atoms with Crippen LogP contribution in [0, 0.1) is 0 Å². The molecule has 1 aliphatic heterocycles. The molecule has 0 saturated carbocycles. The summed E-state index contributed by atoms with van der Waals surface area (Å²) < 4.78 is 18.6. The summed E-state index contributed by atoms with van der Waals surface area (Å²) in [5, 5.41) is 4.80. The molecule has 0 saturated heterocycles. The lowest BCUT2D eigenvalue weighted by Gasteiger charge is -2.14. The highest BCUT2D eigenvalue weighted by atomic mass is 35.5. The van der Waals surface area contributed by atoms with E-state index in [1.54, 1.807) is 19.2 Å². The van der Waals surface area contributed by atoms with E-state index in [-0.39, 0.29) is 6.61 Å². The number of hydrogen-bond acceptors (Lipinski definition) is 7. The number of nitrogens with one attached hydrogen (secondary N) is 1. The average molecular weight is 499 g/mol. The number of halogens is 1. The lowest BCUT2D eigenvalue weighted by atomic mass is 10.2. The monoisotopic (exact) mass is 498 g/mol. The third-order valence-corrected chi connectivity index (χ3v) is 6.88. The molecule has 0 bridgehead atoms. The third kappa shape index (κ3) is 4.46. The molecule has 8 nitrogen and oxygen atoms in total. The molecule has 1 N–H and O–H groups in total. The predicted molar refractivity (Wildman–Crippen MR) is 132 cm³/mol. The van der Waals surface area contributed by atoms with Gasteiger partial charge in [0.25, 0.3) is 0 Å². The molecule has 176 valence electrons. The zero-order valence-electron chi connectivity index (χ0n) is 18.8. The molecule has 2 aromatic heterocycles. The summed E-state index contributed by atoms with van der Waals surface area (Å²) in [6, 6.07) is 11.3. The Hall–Kier alpha value is -3.14. The van der Waals surface area contributed by atoms with Crippen molar-refractivity contribution in [3.05, 3.63) is 58.5 Å². The van der Waals surface area contributed by atoms with Crippen molar-refractivity contribution in [3.63, 3.8) is 0 Å². The fraction of sp³-hybridized carbons (Fsp3) is 0.292. The molecule has 4 aromatic rings. The molecular weight excluding hydrogens is 476 g/mol. The summed E-state index contributed by atoms with van der Waals surface area (Å²) in [5.41, 5.74) is 4.40. The van der Waals surface area contributed by atoms with Gasteiger partial charge in [-0.15, -0.1) is 0 Å². The number of amides is 1. The average Bonchev–Trinajstić information content (AvgIpc) is 3.43. The minimum absolute atomic E-state index is 0.137. The van der Waals surface area contributed by atoms with E-state index in [0.717, 1.165) is 45.2 Å². The lowest BCUT2D eigenvalue weighted by molar-refractivity contribution is 0.0830. The van der Waals surface area contributed by atoms with Crippen molar-refractivity contribution in [2.45, 2.75) is 33.1 Å². The molecule has 1 aliphatic rings. The molecule has 0 fully saturated rings. The van der Waals surface area contributed by atoms with Gasteiger partial charge in [0, 0.05) is 11.6 Å². The number of hydrogen-bond donors (Lipinski definition) is 1. The number of fused-ring (bicyclic) bond motifs is 3. The first kappa shape index (κ1) is 22.6. The Kier molecular flexibility index (Phi) is 6.40. The van der Waals surface area contributed by atoms with Gasteiger partial charge in [-0.2, -0.15) is 0 Å². The van der Waals surface area contributed by atoms with Gasteiger partial charge in [-0.05, 0) is 42.3 Å². The van der Waals surface area contributed by atoms with E-state index in [4.69, 9.17) is 25.8 Å². The predicted octanol–water partition coefficient (Wildman–Crippen LogP) is 5.66. The van der Waals surface area contributed by atoms with E-state index in [9.17, 15) is 4.79 Å². The number of thiazole rings is 1. The fourth-order valence-corrected chi connectivity index (χ4v) is 5.15. The van der Waals surface area contributed by atoms with Crippen LogP contribution in [0.5, 0.6) is 5.75 Å². The Balaban J connectivity index is 1.28. The SMILES string of the molecule is CCc1nc(-c2ccc(Cl)cc2OC)sc1NC(=O)OCc1ccc2c(c1)nc1n2CCOC1. The van der Waals surface area contributed by atoms with Crippen LogP contribution in [0.2, 0.25) is 5.02 Å². The van der Waals surface area contributed by atoms with E-state index < -0.39 is 6.09 Å². The molecule has 0 radical (unpaired) electrons. The minimum Gasteiger partial charge on any atom is -0.496 e. The summed E-state index contributed by atoms with van der Waals surface area (Å²) in [6.07, 6.45) is 0.124. The van der Waals surface area contributed by atoms with Gasteiger partial charge in [-0.1, -0.05) is 35.9 Å². The molecule has 0 aliphatic carbocycles. The molecule has 0 unspecified atom stereocenters. The van der Waals surface area contributed by atoms with Crippen molar-refractivity contribution in [2.24, 2.45) is 0 Å². The molecular formula is C24H23ClN4O4S. The van der Waals surface area contributed by atoms with Crippen LogP contribution in [0.4, 0.5) is 9.80 Å². The van der Waals surface area contributed by atoms with Gasteiger partial charge in [0.1, 0.15) is 34.8 Å². The Labute approximate surface area is 205 Å². The largest absolute Gasteiger partial charge is 0.496 e. The quantitative estimate of drug-likeness (QED) is 0.369. The summed E-state index contributed by atoms with van der Waals surface area (Å²) >= 11 is 7.45. The van der Waals surface area contributed by atoms with E-state index in [1.807, 2.05) is 31.2 Å². The van der Waals surface area contributed by atoms with Crippen LogP contribution in [0.1, 0.15) is 24.0 Å². The minimum atomic E-state index is -0.536. The van der Waals surface area contributed by atoms with Crippen LogP contribution in [0.15, 0.2) is 36.4 Å². The summed E-state index contributed by atoms with van der Waals surface area (Å²) in [7, 11) is 1.59. The molecule has 0 atom stereocenters. The Morgan fingerprint density at radius 2 is 2.15 bits per heavy atom. The van der Waals surface area contributed by atoms with Crippen molar-refractivity contribution in [3.8, 4) is 16.3 Å². The zero-order chi connectivity index (χ0) is 23.7. The Morgan fingerprint density at radius 1 is 1.26 bits per heavy atom. The number of anilines is 1. The third-order valence-electron chi connectivity index (χ3n) is 5.59. The fourth-order valence-electron chi connectivity index (χ4n) is 3.92. The molecule has 3 heterocycles. The number of imidazole rings is 1. The number of aromatic nitrogens is 3. The number of methoxy groups -OCH3 is 1. The summed E-state index contributed by atoms with van der Waals surface area (Å²) in [6.45, 7) is 4.12. The van der Waals surface area contributed by atoms with Crippen LogP contribution in [-0.4, -0.2) is 34.3 Å². The van der Waals surface area contributed by atoms with Gasteiger partial charge in [-0.3, -0.25) is 5.32 Å². The highest BCUT2D eigenvalue weighted by Gasteiger charge is 2.18. The van der Waals surface area contributed by atoms with Crippen molar-refractivity contribution in [1.82, 2.24) is 14.5 Å². The van der Waals surface area contributed by atoms with Gasteiger partial charge in [-0.25, -0.2) is 14.8 Å². The van der Waals surface area contributed by atoms with E-state index >= 15 is 0 Å². The van der Waals surface area contributed by atoms with Crippen molar-refractivity contribution in [1.29, 1.82) is 0 Å². The number of nitrogens with zero attached hydrogens (tertiary/aromatic N) is 3. The van der Waals surface area contributed by atoms with Crippen LogP contribution in [-0.2, 0) is 35.7 Å². The number of carbonyl (C=O) groups excluding carboxylic acids is 1. The normalized spacial score (nSPS) is 13.0. The number of benzene rings is 2. The van der Waals surface area contributed by atoms with Gasteiger partial charge < -0.3 is 18.8 Å². The van der Waals surface area contributed by atoms with Gasteiger partial charge >= 0.3 is 6.09 Å². The number of rotatable bonds is 6. The maximum Gasteiger partial charge on any atom is 0.412 e. The molecule has 0 spiro atoms. The van der Waals surface area contributed by atoms with Crippen molar-refractivity contribution >= 4 is 45.1 Å². The van der Waals surface area contributed by atoms with Crippen LogP contribution in [0.25, 0.3) is 21.6 Å². The smallest absolute Gasteiger partial charge is 0.412 e. The molecule has 34 heavy (non-hydrogen) atoms. The highest BCUT2D eigenvalue weighted by Crippen LogP contribution is 2.38. The second-order valence-electron chi connectivity index (χ2n) is 7.75. The first-order valence-corrected chi connectivity index (χ1v) is 12.1. The Morgan fingerprint density at radius 3 is 2.97 bits per heavy atom. The second kappa shape index (κ2) is 9.61. The van der Waals surface area contributed by atoms with Gasteiger partial charge in [0.2, 0.25) is 0 Å². The van der Waals surface area contributed by atoms with Crippen molar-refractivity contribution in [2.75, 3.05) is 19.0 Å². The second-order valence-corrected chi connectivity index (χ2v) is 9.18. The van der Waals surface area contributed by atoms with E-state index in [0.29, 0.717) is 35.4 Å². The topological polar surface area (TPSA) is 87.5 Å². The molecule has 2 aromatic carbocycles. The van der Waals surface area contributed by atoms with Gasteiger partial charge in [0.05, 0.1) is 36.0 Å². The van der Waals surface area contributed by atoms with Gasteiger partial charge in [0.15, 0.2) is 0 Å². The number of ether oxygens (including phenoxy) is 3. The summed E-state index contributed by atoms with van der Waals surface area (Å²) in [5.74, 6) is 1.54. The summed E-state index contributed by atoms with van der Waals surface area (Å²) in [4.78, 5) is 21.9. The standard InChI is InChI=1S/C24H23ClN4O4S/c1-3-17-23(34-22(27-17)16-6-5-15(25)11-20(16)31-2)28-24(30)33-12-14-4-7-19-18(10-14)26-21-13-32-9-8-29(19)21/h4-7,10-11H,3,8-9,12-13H2,1-2H3,(H,28,30). The first-order valence-electron chi connectivity index (χ1n) is 10.9. The number of carbonyl (C=O) groups is 1.